The molecule has 2 unspecified atom stereocenters. The van der Waals surface area contributed by atoms with Gasteiger partial charge in [0.15, 0.2) is 6.10 Å². The van der Waals surface area contributed by atoms with E-state index in [-0.39, 0.29) is 18.2 Å². The molecule has 9 heteroatoms. The molecule has 38 heavy (non-hydrogen) atoms. The molecule has 2 atom stereocenters. The van der Waals surface area contributed by atoms with Crippen LogP contribution in [0.5, 0.6) is 5.75 Å². The van der Waals surface area contributed by atoms with Gasteiger partial charge in [-0.25, -0.2) is 4.39 Å². The summed E-state index contributed by atoms with van der Waals surface area (Å²) in [6.07, 6.45) is 1.18. The predicted molar refractivity (Wildman–Crippen MR) is 136 cm³/mol. The Morgan fingerprint density at radius 1 is 1.08 bits per heavy atom. The van der Waals surface area contributed by atoms with Crippen molar-refractivity contribution in [1.82, 2.24) is 5.32 Å². The summed E-state index contributed by atoms with van der Waals surface area (Å²) in [5.41, 5.74) is 0.143. The van der Waals surface area contributed by atoms with Crippen molar-refractivity contribution in [2.75, 3.05) is 4.90 Å². The first-order valence-electron chi connectivity index (χ1n) is 13.0. The van der Waals surface area contributed by atoms with Crippen LogP contribution in [0.15, 0.2) is 54.1 Å². The van der Waals surface area contributed by atoms with Crippen molar-refractivity contribution in [3.05, 3.63) is 71.1 Å². The zero-order valence-corrected chi connectivity index (χ0v) is 21.5. The zero-order valence-electron chi connectivity index (χ0n) is 21.5. The van der Waals surface area contributed by atoms with Crippen LogP contribution in [0.1, 0.15) is 63.5 Å². The summed E-state index contributed by atoms with van der Waals surface area (Å²) in [5.74, 6) is -1.17. The maximum absolute atomic E-state index is 14.0. The third-order valence-corrected chi connectivity index (χ3v) is 7.28. The van der Waals surface area contributed by atoms with Crippen molar-refractivity contribution >= 4 is 17.5 Å². The number of carbonyl (C=O) groups excluding carboxylic acids is 2. The third kappa shape index (κ3) is 6.19. The molecule has 0 saturated heterocycles. The Bertz CT molecular complexity index is 1200. The maximum Gasteiger partial charge on any atom is 0.416 e. The molecule has 0 aromatic heterocycles. The van der Waals surface area contributed by atoms with Crippen LogP contribution in [0.25, 0.3) is 0 Å². The Hall–Kier alpha value is -3.36. The monoisotopic (exact) mass is 532 g/mol. The van der Waals surface area contributed by atoms with E-state index in [4.69, 9.17) is 4.74 Å². The van der Waals surface area contributed by atoms with Gasteiger partial charge >= 0.3 is 6.18 Å². The lowest BCUT2D eigenvalue weighted by Crippen LogP contribution is -2.56. The molecule has 1 aliphatic heterocycles. The maximum atomic E-state index is 14.0. The van der Waals surface area contributed by atoms with Crippen molar-refractivity contribution in [3.63, 3.8) is 0 Å². The van der Waals surface area contributed by atoms with E-state index in [0.29, 0.717) is 23.3 Å². The number of nitrogens with zero attached hydrogens (tertiary/aromatic N) is 1. The largest absolute Gasteiger partial charge is 0.480 e. The predicted octanol–water partition coefficient (Wildman–Crippen LogP) is 6.36. The minimum atomic E-state index is -4.63. The number of fused-ring (bicyclic) bond motifs is 1. The van der Waals surface area contributed by atoms with E-state index in [9.17, 15) is 27.2 Å². The first-order valence-corrected chi connectivity index (χ1v) is 13.0. The van der Waals surface area contributed by atoms with Crippen molar-refractivity contribution in [2.45, 2.75) is 83.2 Å². The number of carbonyl (C=O) groups is 2. The highest BCUT2D eigenvalue weighted by Gasteiger charge is 2.40. The lowest BCUT2D eigenvalue weighted by molar-refractivity contribution is -0.137. The quantitative estimate of drug-likeness (QED) is 0.348. The molecule has 0 radical (unpaired) electrons. The molecular formula is C29H32F4N2O3. The average Bonchev–Trinajstić information content (AvgIpc) is 2.90. The van der Waals surface area contributed by atoms with Crippen LogP contribution in [0, 0.1) is 5.82 Å². The number of allylic oxidation sites excluding steroid dienone is 1. The van der Waals surface area contributed by atoms with E-state index in [0.717, 1.165) is 49.1 Å². The molecule has 1 aliphatic carbocycles. The molecule has 1 fully saturated rings. The molecule has 0 bridgehead atoms. The molecular weight excluding hydrogens is 500 g/mol. The molecule has 2 aromatic carbocycles. The van der Waals surface area contributed by atoms with Crippen LogP contribution in [0.2, 0.25) is 0 Å². The number of rotatable bonds is 6. The van der Waals surface area contributed by atoms with Gasteiger partial charge in [0.25, 0.3) is 5.91 Å². The first-order chi connectivity index (χ1) is 18.1. The summed E-state index contributed by atoms with van der Waals surface area (Å²) in [5, 5.41) is 3.03. The first kappa shape index (κ1) is 27.7. The van der Waals surface area contributed by atoms with Crippen LogP contribution >= 0.6 is 0 Å². The molecule has 2 aromatic rings. The highest BCUT2D eigenvalue weighted by molar-refractivity contribution is 6.04. The molecule has 1 heterocycles. The summed E-state index contributed by atoms with van der Waals surface area (Å²) < 4.78 is 60.5. The van der Waals surface area contributed by atoms with Gasteiger partial charge in [0.05, 0.1) is 5.56 Å². The SMILES string of the molecule is C/C=C(\C)C(C(=O)NC1CCCCC1)N(C(=O)C1CCc2cc(F)ccc2O1)c1cccc(C(F)(F)F)c1. The number of hydrogen-bond acceptors (Lipinski definition) is 3. The summed E-state index contributed by atoms with van der Waals surface area (Å²) in [6.45, 7) is 3.39. The van der Waals surface area contributed by atoms with Crippen LogP contribution in [-0.4, -0.2) is 30.0 Å². The number of nitrogens with one attached hydrogen (secondary N) is 1. The zero-order chi connectivity index (χ0) is 27.4. The number of benzene rings is 2. The number of anilines is 1. The normalized spacial score (nSPS) is 19.2. The van der Waals surface area contributed by atoms with E-state index >= 15 is 0 Å². The molecule has 1 N–H and O–H groups in total. The van der Waals surface area contributed by atoms with Crippen LogP contribution in [0.4, 0.5) is 23.2 Å². The summed E-state index contributed by atoms with van der Waals surface area (Å²) in [7, 11) is 0. The number of hydrogen-bond donors (Lipinski definition) is 1. The fraction of sp³-hybridized carbons (Fsp3) is 0.448. The van der Waals surface area contributed by atoms with Gasteiger partial charge in [-0.15, -0.1) is 0 Å². The molecule has 2 amide bonds. The van der Waals surface area contributed by atoms with Gasteiger partial charge in [-0.05, 0) is 87.1 Å². The second-order valence-corrected chi connectivity index (χ2v) is 9.93. The van der Waals surface area contributed by atoms with Gasteiger partial charge < -0.3 is 10.1 Å². The average molecular weight is 533 g/mol. The fourth-order valence-electron chi connectivity index (χ4n) is 5.13. The number of halogens is 4. The third-order valence-electron chi connectivity index (χ3n) is 7.28. The minimum Gasteiger partial charge on any atom is -0.480 e. The number of amides is 2. The van der Waals surface area contributed by atoms with Crippen molar-refractivity contribution in [3.8, 4) is 5.75 Å². The summed E-state index contributed by atoms with van der Waals surface area (Å²) in [4.78, 5) is 28.8. The van der Waals surface area contributed by atoms with Crippen molar-refractivity contribution in [1.29, 1.82) is 0 Å². The van der Waals surface area contributed by atoms with Crippen molar-refractivity contribution < 1.29 is 31.9 Å². The lowest BCUT2D eigenvalue weighted by atomic mass is 9.94. The number of ether oxygens (including phenoxy) is 1. The second kappa shape index (κ2) is 11.6. The van der Waals surface area contributed by atoms with Gasteiger partial charge in [0.1, 0.15) is 17.6 Å². The number of aryl methyl sites for hydroxylation is 1. The van der Waals surface area contributed by atoms with Gasteiger partial charge in [-0.1, -0.05) is 31.4 Å². The molecule has 204 valence electrons. The van der Waals surface area contributed by atoms with Gasteiger partial charge in [-0.2, -0.15) is 13.2 Å². The van der Waals surface area contributed by atoms with E-state index < -0.39 is 41.5 Å². The van der Waals surface area contributed by atoms with E-state index in [2.05, 4.69) is 5.32 Å². The molecule has 4 rings (SSSR count). The lowest BCUT2D eigenvalue weighted by Gasteiger charge is -2.37. The van der Waals surface area contributed by atoms with Crippen LogP contribution < -0.4 is 15.0 Å². The van der Waals surface area contributed by atoms with E-state index in [1.165, 1.54) is 30.3 Å². The molecule has 1 saturated carbocycles. The molecule has 0 spiro atoms. The topological polar surface area (TPSA) is 58.6 Å². The van der Waals surface area contributed by atoms with Gasteiger partial charge in [0.2, 0.25) is 5.91 Å². The smallest absolute Gasteiger partial charge is 0.416 e. The molecule has 5 nitrogen and oxygen atoms in total. The number of alkyl halides is 3. The van der Waals surface area contributed by atoms with Crippen molar-refractivity contribution in [2.24, 2.45) is 0 Å². The van der Waals surface area contributed by atoms with Gasteiger partial charge in [-0.3, -0.25) is 14.5 Å². The molecule has 2 aliphatic rings. The standard InChI is InChI=1S/C29H32F4N2O3/c1-3-18(2)26(27(36)34-22-9-5-4-6-10-22)35(23-11-7-8-20(17-23)29(31,32)33)28(37)25-14-12-19-16-21(30)13-15-24(19)38-25/h3,7-8,11,13,15-17,22,25-26H,4-6,9-10,12,14H2,1-2H3,(H,34,36)/b18-3+. The Morgan fingerprint density at radius 2 is 1.82 bits per heavy atom. The Balaban J connectivity index is 1.74. The summed E-state index contributed by atoms with van der Waals surface area (Å²) >= 11 is 0. The van der Waals surface area contributed by atoms with Crippen LogP contribution in [0.3, 0.4) is 0 Å². The minimum absolute atomic E-state index is 0.0525. The van der Waals surface area contributed by atoms with E-state index in [1.54, 1.807) is 19.9 Å². The fourth-order valence-corrected chi connectivity index (χ4v) is 5.13. The van der Waals surface area contributed by atoms with E-state index in [1.807, 2.05) is 0 Å². The highest BCUT2D eigenvalue weighted by atomic mass is 19.4. The second-order valence-electron chi connectivity index (χ2n) is 9.93. The Kier molecular flexibility index (Phi) is 8.43. The van der Waals surface area contributed by atoms with Gasteiger partial charge in [0, 0.05) is 11.7 Å². The Labute approximate surface area is 219 Å². The summed E-state index contributed by atoms with van der Waals surface area (Å²) in [6, 6.07) is 7.18. The Morgan fingerprint density at radius 3 is 2.50 bits per heavy atom. The van der Waals surface area contributed by atoms with Crippen LogP contribution in [-0.2, 0) is 22.2 Å². The highest BCUT2D eigenvalue weighted by Crippen LogP contribution is 2.35.